The predicted octanol–water partition coefficient (Wildman–Crippen LogP) is 1.60. The summed E-state index contributed by atoms with van der Waals surface area (Å²) in [7, 11) is 0. The molecule has 1 aliphatic heterocycles. The topological polar surface area (TPSA) is 74.7 Å². The van der Waals surface area contributed by atoms with Crippen LogP contribution in [0.4, 0.5) is 0 Å². The molecule has 5 heteroatoms. The van der Waals surface area contributed by atoms with E-state index < -0.39 is 17.9 Å². The van der Waals surface area contributed by atoms with Crippen LogP contribution < -0.4 is 0 Å². The Labute approximate surface area is 113 Å². The lowest BCUT2D eigenvalue weighted by Crippen LogP contribution is -2.51. The van der Waals surface area contributed by atoms with E-state index in [0.717, 1.165) is 44.9 Å². The fourth-order valence-electron chi connectivity index (χ4n) is 3.11. The summed E-state index contributed by atoms with van der Waals surface area (Å²) in [6, 6.07) is -0.811. The molecule has 1 N–H and O–H groups in total. The van der Waals surface area contributed by atoms with Crippen molar-refractivity contribution >= 4 is 17.7 Å². The fraction of sp³-hybridized carbons (Fsp3) is 0.786. The monoisotopic (exact) mass is 267 g/mol. The smallest absolute Gasteiger partial charge is 0.326 e. The van der Waals surface area contributed by atoms with Crippen molar-refractivity contribution in [2.75, 3.05) is 6.54 Å². The number of piperidine rings is 1. The Balaban J connectivity index is 2.03. The molecule has 2 fully saturated rings. The third-order valence-corrected chi connectivity index (χ3v) is 4.24. The largest absolute Gasteiger partial charge is 0.480 e. The van der Waals surface area contributed by atoms with Gasteiger partial charge in [-0.3, -0.25) is 9.59 Å². The fourth-order valence-corrected chi connectivity index (χ4v) is 3.11. The number of likely N-dealkylation sites (tertiary alicyclic amines) is 1. The van der Waals surface area contributed by atoms with Crippen LogP contribution in [0.1, 0.15) is 51.4 Å². The van der Waals surface area contributed by atoms with Crippen molar-refractivity contribution in [3.8, 4) is 0 Å². The normalized spacial score (nSPS) is 25.1. The summed E-state index contributed by atoms with van der Waals surface area (Å²) in [5.41, 5.74) is 0. The Morgan fingerprint density at radius 3 is 2.16 bits per heavy atom. The predicted molar refractivity (Wildman–Crippen MR) is 68.6 cm³/mol. The van der Waals surface area contributed by atoms with Crippen molar-refractivity contribution in [1.29, 1.82) is 0 Å². The van der Waals surface area contributed by atoms with Crippen molar-refractivity contribution in [3.05, 3.63) is 0 Å². The molecule has 0 unspecified atom stereocenters. The highest BCUT2D eigenvalue weighted by Gasteiger charge is 2.37. The Morgan fingerprint density at radius 1 is 0.895 bits per heavy atom. The molecule has 2 rings (SSSR count). The molecule has 1 amide bonds. The van der Waals surface area contributed by atoms with Crippen molar-refractivity contribution in [1.82, 2.24) is 4.90 Å². The molecule has 0 radical (unpaired) electrons. The number of amides is 1. The minimum atomic E-state index is -0.996. The lowest BCUT2D eigenvalue weighted by atomic mass is 9.85. The average molecular weight is 267 g/mol. The van der Waals surface area contributed by atoms with Crippen LogP contribution >= 0.6 is 0 Å². The Kier molecular flexibility index (Phi) is 4.56. The lowest BCUT2D eigenvalue weighted by molar-refractivity contribution is -0.156. The molecule has 5 nitrogen and oxygen atoms in total. The molecule has 1 heterocycles. The van der Waals surface area contributed by atoms with Crippen LogP contribution in [0.15, 0.2) is 0 Å². The van der Waals surface area contributed by atoms with Gasteiger partial charge in [-0.05, 0) is 32.1 Å². The Hall–Kier alpha value is -1.39. The van der Waals surface area contributed by atoms with Crippen molar-refractivity contribution in [2.45, 2.75) is 57.4 Å². The van der Waals surface area contributed by atoms with Crippen LogP contribution in [-0.2, 0) is 14.4 Å². The van der Waals surface area contributed by atoms with Crippen LogP contribution in [0.25, 0.3) is 0 Å². The van der Waals surface area contributed by atoms with Gasteiger partial charge >= 0.3 is 5.97 Å². The van der Waals surface area contributed by atoms with Gasteiger partial charge in [-0.1, -0.05) is 19.3 Å². The molecule has 0 aromatic rings. The maximum Gasteiger partial charge on any atom is 0.326 e. The number of carboxylic acids is 1. The maximum absolute atomic E-state index is 12.2. The van der Waals surface area contributed by atoms with Crippen molar-refractivity contribution < 1.29 is 19.5 Å². The third-order valence-electron chi connectivity index (χ3n) is 4.24. The highest BCUT2D eigenvalue weighted by molar-refractivity contribution is 6.37. The summed E-state index contributed by atoms with van der Waals surface area (Å²) in [5, 5.41) is 9.14. The molecule has 1 aliphatic carbocycles. The molecule has 1 saturated carbocycles. The number of aliphatic carboxylic acids is 1. The third kappa shape index (κ3) is 3.14. The number of nitrogens with zero attached hydrogens (tertiary/aromatic N) is 1. The van der Waals surface area contributed by atoms with Gasteiger partial charge in [0, 0.05) is 12.5 Å². The van der Waals surface area contributed by atoms with E-state index in [9.17, 15) is 14.4 Å². The molecule has 2 aliphatic rings. The van der Waals surface area contributed by atoms with E-state index in [-0.39, 0.29) is 11.7 Å². The summed E-state index contributed by atoms with van der Waals surface area (Å²) in [4.78, 5) is 36.9. The van der Waals surface area contributed by atoms with E-state index in [1.165, 1.54) is 4.90 Å². The number of hydrogen-bond donors (Lipinski definition) is 1. The Bertz CT molecular complexity index is 374. The van der Waals surface area contributed by atoms with E-state index in [0.29, 0.717) is 13.0 Å². The highest BCUT2D eigenvalue weighted by atomic mass is 16.4. The van der Waals surface area contributed by atoms with Crippen LogP contribution in [0.3, 0.4) is 0 Å². The van der Waals surface area contributed by atoms with E-state index in [1.807, 2.05) is 0 Å². The second-order valence-electron chi connectivity index (χ2n) is 5.55. The molecule has 0 spiro atoms. The van der Waals surface area contributed by atoms with Gasteiger partial charge < -0.3 is 10.0 Å². The first-order chi connectivity index (χ1) is 9.11. The van der Waals surface area contributed by atoms with Crippen LogP contribution in [0.5, 0.6) is 0 Å². The molecule has 0 bridgehead atoms. The highest BCUT2D eigenvalue weighted by Crippen LogP contribution is 2.26. The van der Waals surface area contributed by atoms with Crippen LogP contribution in [0.2, 0.25) is 0 Å². The SMILES string of the molecule is O=C(C(=O)N1CCCC[C@H]1C(=O)O)C1CCCCC1. The Morgan fingerprint density at radius 2 is 1.53 bits per heavy atom. The first-order valence-corrected chi connectivity index (χ1v) is 7.19. The quantitative estimate of drug-likeness (QED) is 0.788. The lowest BCUT2D eigenvalue weighted by Gasteiger charge is -2.33. The van der Waals surface area contributed by atoms with Gasteiger partial charge in [0.25, 0.3) is 5.91 Å². The molecule has 1 saturated heterocycles. The summed E-state index contributed by atoms with van der Waals surface area (Å²) in [5.74, 6) is -2.12. The number of carboxylic acid groups (broad SMARTS) is 1. The second-order valence-corrected chi connectivity index (χ2v) is 5.55. The maximum atomic E-state index is 12.2. The van der Waals surface area contributed by atoms with Gasteiger partial charge in [-0.25, -0.2) is 4.79 Å². The molecule has 0 aromatic heterocycles. The number of carbonyl (C=O) groups excluding carboxylic acids is 2. The van der Waals surface area contributed by atoms with E-state index >= 15 is 0 Å². The summed E-state index contributed by atoms with van der Waals surface area (Å²) >= 11 is 0. The van der Waals surface area contributed by atoms with E-state index in [1.54, 1.807) is 0 Å². The van der Waals surface area contributed by atoms with Crippen molar-refractivity contribution in [3.63, 3.8) is 0 Å². The number of rotatable bonds is 3. The number of ketones is 1. The number of carbonyl (C=O) groups is 3. The standard InChI is InChI=1S/C14H21NO4/c16-12(10-6-2-1-3-7-10)13(17)15-9-5-4-8-11(15)14(18)19/h10-11H,1-9H2,(H,18,19)/t11-/m0/s1. The minimum Gasteiger partial charge on any atom is -0.480 e. The molecular weight excluding hydrogens is 246 g/mol. The van der Waals surface area contributed by atoms with Gasteiger partial charge in [0.2, 0.25) is 5.78 Å². The van der Waals surface area contributed by atoms with Gasteiger partial charge in [0.05, 0.1) is 0 Å². The van der Waals surface area contributed by atoms with Crippen molar-refractivity contribution in [2.24, 2.45) is 5.92 Å². The molecule has 106 valence electrons. The van der Waals surface area contributed by atoms with Gasteiger partial charge in [0.1, 0.15) is 6.04 Å². The van der Waals surface area contributed by atoms with Crippen LogP contribution in [0, 0.1) is 5.92 Å². The molecule has 1 atom stereocenters. The molecule has 0 aromatic carbocycles. The van der Waals surface area contributed by atoms with Gasteiger partial charge in [-0.2, -0.15) is 0 Å². The summed E-state index contributed by atoms with van der Waals surface area (Å²) in [6.07, 6.45) is 6.70. The van der Waals surface area contributed by atoms with Gasteiger partial charge in [0.15, 0.2) is 0 Å². The molecule has 19 heavy (non-hydrogen) atoms. The second kappa shape index (κ2) is 6.17. The summed E-state index contributed by atoms with van der Waals surface area (Å²) in [6.45, 7) is 0.397. The first-order valence-electron chi connectivity index (χ1n) is 7.19. The number of hydrogen-bond acceptors (Lipinski definition) is 3. The number of Topliss-reactive ketones (excluding diaryl/α,β-unsaturated/α-hetero) is 1. The zero-order valence-corrected chi connectivity index (χ0v) is 11.1. The minimum absolute atomic E-state index is 0.183. The van der Waals surface area contributed by atoms with Crippen LogP contribution in [-0.4, -0.2) is 40.3 Å². The van der Waals surface area contributed by atoms with Gasteiger partial charge in [-0.15, -0.1) is 0 Å². The van der Waals surface area contributed by atoms with E-state index in [4.69, 9.17) is 5.11 Å². The average Bonchev–Trinajstić information content (AvgIpc) is 2.46. The summed E-state index contributed by atoms with van der Waals surface area (Å²) < 4.78 is 0. The van der Waals surface area contributed by atoms with E-state index in [2.05, 4.69) is 0 Å². The zero-order chi connectivity index (χ0) is 13.8. The first kappa shape index (κ1) is 14.0. The molecular formula is C14H21NO4. The zero-order valence-electron chi connectivity index (χ0n) is 11.1.